The van der Waals surface area contributed by atoms with Gasteiger partial charge < -0.3 is 9.47 Å². The highest BCUT2D eigenvalue weighted by atomic mass is 19.1. The molecule has 1 heterocycles. The van der Waals surface area contributed by atoms with E-state index in [-0.39, 0.29) is 17.9 Å². The SMILES string of the molecule is O=C(/C=C/c1ccc(OC2CCCCO2)cc1)c1ccc(F)cc1. The molecule has 1 unspecified atom stereocenters. The highest BCUT2D eigenvalue weighted by molar-refractivity contribution is 6.06. The van der Waals surface area contributed by atoms with Crippen LogP contribution in [0.1, 0.15) is 35.2 Å². The van der Waals surface area contributed by atoms with Crippen molar-refractivity contribution in [3.05, 3.63) is 71.6 Å². The standard InChI is InChI=1S/C20H19FO3/c21-17-9-7-16(8-10-17)19(22)13-6-15-4-11-18(12-5-15)24-20-3-1-2-14-23-20/h4-13,20H,1-3,14H2/b13-6+. The molecule has 124 valence electrons. The highest BCUT2D eigenvalue weighted by Gasteiger charge is 2.14. The number of carbonyl (C=O) groups excluding carboxylic acids is 1. The second kappa shape index (κ2) is 7.88. The Morgan fingerprint density at radius 3 is 2.50 bits per heavy atom. The average molecular weight is 326 g/mol. The van der Waals surface area contributed by atoms with Gasteiger partial charge in [0, 0.05) is 12.0 Å². The Morgan fingerprint density at radius 2 is 1.83 bits per heavy atom. The van der Waals surface area contributed by atoms with Gasteiger partial charge in [-0.25, -0.2) is 4.39 Å². The van der Waals surface area contributed by atoms with Crippen LogP contribution in [-0.4, -0.2) is 18.7 Å². The third kappa shape index (κ3) is 4.52. The van der Waals surface area contributed by atoms with Crippen LogP contribution in [0, 0.1) is 5.82 Å². The zero-order valence-corrected chi connectivity index (χ0v) is 13.3. The van der Waals surface area contributed by atoms with E-state index >= 15 is 0 Å². The third-order valence-corrected chi connectivity index (χ3v) is 3.84. The van der Waals surface area contributed by atoms with Crippen molar-refractivity contribution in [1.82, 2.24) is 0 Å². The van der Waals surface area contributed by atoms with Gasteiger partial charge >= 0.3 is 0 Å². The molecule has 4 heteroatoms. The average Bonchev–Trinajstić information content (AvgIpc) is 2.62. The minimum atomic E-state index is -0.354. The topological polar surface area (TPSA) is 35.5 Å². The molecule has 0 aliphatic carbocycles. The van der Waals surface area contributed by atoms with Crippen molar-refractivity contribution in [3.63, 3.8) is 0 Å². The van der Waals surface area contributed by atoms with Crippen molar-refractivity contribution in [1.29, 1.82) is 0 Å². The fourth-order valence-corrected chi connectivity index (χ4v) is 2.50. The number of hydrogen-bond acceptors (Lipinski definition) is 3. The molecule has 0 aromatic heterocycles. The molecule has 0 spiro atoms. The molecular formula is C20H19FO3. The lowest BCUT2D eigenvalue weighted by Gasteiger charge is -2.23. The lowest BCUT2D eigenvalue weighted by Crippen LogP contribution is -2.24. The van der Waals surface area contributed by atoms with Crippen molar-refractivity contribution >= 4 is 11.9 Å². The van der Waals surface area contributed by atoms with Gasteiger partial charge in [0.1, 0.15) is 11.6 Å². The number of hydrogen-bond donors (Lipinski definition) is 0. The number of ketones is 1. The second-order valence-electron chi connectivity index (χ2n) is 5.69. The van der Waals surface area contributed by atoms with Gasteiger partial charge in [-0.15, -0.1) is 0 Å². The Morgan fingerprint density at radius 1 is 1.08 bits per heavy atom. The van der Waals surface area contributed by atoms with Crippen LogP contribution in [-0.2, 0) is 4.74 Å². The van der Waals surface area contributed by atoms with Crippen LogP contribution in [0.25, 0.3) is 6.08 Å². The molecule has 2 aromatic rings. The van der Waals surface area contributed by atoms with Crippen LogP contribution in [0.15, 0.2) is 54.6 Å². The van der Waals surface area contributed by atoms with Gasteiger partial charge in [-0.1, -0.05) is 18.2 Å². The molecule has 0 amide bonds. The van der Waals surface area contributed by atoms with E-state index in [1.54, 1.807) is 6.08 Å². The van der Waals surface area contributed by atoms with E-state index in [0.29, 0.717) is 5.56 Å². The van der Waals surface area contributed by atoms with Gasteiger partial charge in [0.25, 0.3) is 0 Å². The molecule has 1 aliphatic heterocycles. The maximum atomic E-state index is 12.9. The predicted octanol–water partition coefficient (Wildman–Crippen LogP) is 4.63. The summed E-state index contributed by atoms with van der Waals surface area (Å²) in [6.45, 7) is 0.747. The van der Waals surface area contributed by atoms with Crippen LogP contribution < -0.4 is 4.74 Å². The predicted molar refractivity (Wildman–Crippen MR) is 90.4 cm³/mol. The fourth-order valence-electron chi connectivity index (χ4n) is 2.50. The zero-order valence-electron chi connectivity index (χ0n) is 13.3. The smallest absolute Gasteiger partial charge is 0.199 e. The maximum absolute atomic E-state index is 12.9. The molecule has 0 N–H and O–H groups in total. The summed E-state index contributed by atoms with van der Waals surface area (Å²) in [4.78, 5) is 12.0. The number of halogens is 1. The van der Waals surface area contributed by atoms with E-state index in [0.717, 1.165) is 37.2 Å². The van der Waals surface area contributed by atoms with Gasteiger partial charge in [-0.2, -0.15) is 0 Å². The first-order chi connectivity index (χ1) is 11.7. The van der Waals surface area contributed by atoms with Gasteiger partial charge in [0.2, 0.25) is 0 Å². The van der Waals surface area contributed by atoms with Gasteiger partial charge in [0.15, 0.2) is 12.1 Å². The molecule has 0 bridgehead atoms. The maximum Gasteiger partial charge on any atom is 0.199 e. The first-order valence-electron chi connectivity index (χ1n) is 8.07. The summed E-state index contributed by atoms with van der Waals surface area (Å²) in [5.74, 6) is 0.239. The Labute approximate surface area is 140 Å². The van der Waals surface area contributed by atoms with Crippen LogP contribution in [0.2, 0.25) is 0 Å². The van der Waals surface area contributed by atoms with E-state index in [4.69, 9.17) is 9.47 Å². The van der Waals surface area contributed by atoms with E-state index in [1.807, 2.05) is 24.3 Å². The van der Waals surface area contributed by atoms with Gasteiger partial charge in [-0.3, -0.25) is 4.79 Å². The highest BCUT2D eigenvalue weighted by Crippen LogP contribution is 2.20. The van der Waals surface area contributed by atoms with Crippen LogP contribution in [0.5, 0.6) is 5.75 Å². The minimum Gasteiger partial charge on any atom is -0.465 e. The molecule has 0 saturated carbocycles. The minimum absolute atomic E-state index is 0.161. The van der Waals surface area contributed by atoms with Crippen LogP contribution in [0.4, 0.5) is 4.39 Å². The molecule has 0 radical (unpaired) electrons. The summed E-state index contributed by atoms with van der Waals surface area (Å²) in [6.07, 6.45) is 6.16. The summed E-state index contributed by atoms with van der Waals surface area (Å²) < 4.78 is 24.2. The Hall–Kier alpha value is -2.46. The quantitative estimate of drug-likeness (QED) is 0.594. The van der Waals surface area contributed by atoms with Crippen molar-refractivity contribution < 1.29 is 18.7 Å². The van der Waals surface area contributed by atoms with Crippen molar-refractivity contribution in [2.24, 2.45) is 0 Å². The Bertz CT molecular complexity index is 699. The summed E-state index contributed by atoms with van der Waals surface area (Å²) in [5.41, 5.74) is 1.35. The summed E-state index contributed by atoms with van der Waals surface area (Å²) in [5, 5.41) is 0. The van der Waals surface area contributed by atoms with E-state index < -0.39 is 0 Å². The van der Waals surface area contributed by atoms with E-state index in [2.05, 4.69) is 0 Å². The number of benzene rings is 2. The fraction of sp³-hybridized carbons (Fsp3) is 0.250. The second-order valence-corrected chi connectivity index (χ2v) is 5.69. The number of ether oxygens (including phenoxy) is 2. The summed E-state index contributed by atoms with van der Waals surface area (Å²) >= 11 is 0. The molecule has 1 fully saturated rings. The lowest BCUT2D eigenvalue weighted by molar-refractivity contribution is -0.105. The van der Waals surface area contributed by atoms with Crippen LogP contribution in [0.3, 0.4) is 0 Å². The molecule has 1 aliphatic rings. The molecule has 2 aromatic carbocycles. The number of carbonyl (C=O) groups is 1. The lowest BCUT2D eigenvalue weighted by atomic mass is 10.1. The van der Waals surface area contributed by atoms with E-state index in [1.165, 1.54) is 30.3 Å². The van der Waals surface area contributed by atoms with Gasteiger partial charge in [-0.05, 0) is 60.9 Å². The monoisotopic (exact) mass is 326 g/mol. The molecular weight excluding hydrogens is 307 g/mol. The first kappa shape index (κ1) is 16.4. The zero-order chi connectivity index (χ0) is 16.8. The van der Waals surface area contributed by atoms with Crippen molar-refractivity contribution in [2.75, 3.05) is 6.61 Å². The summed E-state index contributed by atoms with van der Waals surface area (Å²) in [7, 11) is 0. The number of allylic oxidation sites excluding steroid dienone is 1. The summed E-state index contributed by atoms with van der Waals surface area (Å²) in [6, 6.07) is 13.0. The first-order valence-corrected chi connectivity index (χ1v) is 8.07. The number of rotatable bonds is 5. The molecule has 3 nitrogen and oxygen atoms in total. The Kier molecular flexibility index (Phi) is 5.39. The normalized spacial score (nSPS) is 17.8. The van der Waals surface area contributed by atoms with Crippen molar-refractivity contribution in [3.8, 4) is 5.75 Å². The van der Waals surface area contributed by atoms with E-state index in [9.17, 15) is 9.18 Å². The third-order valence-electron chi connectivity index (χ3n) is 3.84. The molecule has 1 saturated heterocycles. The molecule has 24 heavy (non-hydrogen) atoms. The largest absolute Gasteiger partial charge is 0.465 e. The Balaban J connectivity index is 1.58. The molecule has 3 rings (SSSR count). The van der Waals surface area contributed by atoms with Crippen LogP contribution >= 0.6 is 0 Å². The van der Waals surface area contributed by atoms with Gasteiger partial charge in [0.05, 0.1) is 6.61 Å². The van der Waals surface area contributed by atoms with Crippen molar-refractivity contribution in [2.45, 2.75) is 25.6 Å². The molecule has 1 atom stereocenters.